The van der Waals surface area contributed by atoms with Crippen molar-refractivity contribution in [2.75, 3.05) is 6.61 Å². The van der Waals surface area contributed by atoms with Crippen LogP contribution < -0.4 is 0 Å². The van der Waals surface area contributed by atoms with Crippen LogP contribution in [0.5, 0.6) is 5.75 Å². The van der Waals surface area contributed by atoms with Crippen molar-refractivity contribution in [1.82, 2.24) is 10.0 Å². The largest absolute Gasteiger partial charge is 0.506 e. The van der Waals surface area contributed by atoms with E-state index in [9.17, 15) is 4.79 Å². The minimum atomic E-state index is -1.13. The number of pyridine rings is 1. The number of hydrogen-bond acceptors (Lipinski definition) is 4. The van der Waals surface area contributed by atoms with Crippen LogP contribution in [0, 0.1) is 0 Å². The van der Waals surface area contributed by atoms with Crippen LogP contribution in [0.15, 0.2) is 18.3 Å². The summed E-state index contributed by atoms with van der Waals surface area (Å²) in [5.74, 6) is 0.0551. The van der Waals surface area contributed by atoms with Gasteiger partial charge in [0.25, 0.3) is 0 Å². The minimum Gasteiger partial charge on any atom is -0.506 e. The molecular formula is C9H10N2O4. The smallest absolute Gasteiger partial charge is 0.432 e. The van der Waals surface area contributed by atoms with Crippen LogP contribution in [0.3, 0.4) is 0 Å². The zero-order valence-electron chi connectivity index (χ0n) is 7.83. The van der Waals surface area contributed by atoms with Crippen molar-refractivity contribution in [1.29, 1.82) is 0 Å². The SMILES string of the molecule is O=C(O)N1OCCC1c1ccc(O)cn1. The molecule has 1 aliphatic rings. The van der Waals surface area contributed by atoms with Gasteiger partial charge in [-0.2, -0.15) is 5.06 Å². The van der Waals surface area contributed by atoms with Crippen LogP contribution in [-0.4, -0.2) is 33.0 Å². The lowest BCUT2D eigenvalue weighted by molar-refractivity contribution is -0.104. The molecule has 6 heteroatoms. The molecule has 0 saturated carbocycles. The summed E-state index contributed by atoms with van der Waals surface area (Å²) in [4.78, 5) is 19.7. The summed E-state index contributed by atoms with van der Waals surface area (Å²) in [6.07, 6.45) is 0.727. The van der Waals surface area contributed by atoms with Gasteiger partial charge in [0, 0.05) is 6.42 Å². The molecule has 1 atom stereocenters. The van der Waals surface area contributed by atoms with Gasteiger partial charge in [-0.25, -0.2) is 4.79 Å². The number of hydroxylamine groups is 2. The molecule has 2 N–H and O–H groups in total. The standard InChI is InChI=1S/C9H10N2O4/c12-6-1-2-7(10-5-6)8-3-4-15-11(8)9(13)14/h1-2,5,8,12H,3-4H2,(H,13,14). The van der Waals surface area contributed by atoms with Gasteiger partial charge in [-0.3, -0.25) is 9.82 Å². The molecule has 15 heavy (non-hydrogen) atoms. The maximum absolute atomic E-state index is 10.8. The van der Waals surface area contributed by atoms with Crippen molar-refractivity contribution in [3.63, 3.8) is 0 Å². The summed E-state index contributed by atoms with van der Waals surface area (Å²) < 4.78 is 0. The molecular weight excluding hydrogens is 200 g/mol. The summed E-state index contributed by atoms with van der Waals surface area (Å²) in [5, 5.41) is 18.8. The maximum atomic E-state index is 10.8. The zero-order valence-corrected chi connectivity index (χ0v) is 7.83. The van der Waals surface area contributed by atoms with Gasteiger partial charge < -0.3 is 10.2 Å². The fourth-order valence-electron chi connectivity index (χ4n) is 1.52. The first-order chi connectivity index (χ1) is 7.18. The number of rotatable bonds is 1. The van der Waals surface area contributed by atoms with Crippen LogP contribution in [0.4, 0.5) is 4.79 Å². The molecule has 1 aliphatic heterocycles. The van der Waals surface area contributed by atoms with E-state index in [0.29, 0.717) is 18.7 Å². The lowest BCUT2D eigenvalue weighted by Crippen LogP contribution is -2.28. The molecule has 1 unspecified atom stereocenters. The second-order valence-corrected chi connectivity index (χ2v) is 3.19. The third-order valence-electron chi connectivity index (χ3n) is 2.21. The fraction of sp³-hybridized carbons (Fsp3) is 0.333. The van der Waals surface area contributed by atoms with E-state index in [1.165, 1.54) is 12.3 Å². The molecule has 0 aliphatic carbocycles. The quantitative estimate of drug-likeness (QED) is 0.726. The third-order valence-corrected chi connectivity index (χ3v) is 2.21. The number of aromatic hydroxyl groups is 1. The lowest BCUT2D eigenvalue weighted by Gasteiger charge is -2.18. The van der Waals surface area contributed by atoms with E-state index in [1.807, 2.05) is 0 Å². The molecule has 1 fully saturated rings. The maximum Gasteiger partial charge on any atom is 0.432 e. The van der Waals surface area contributed by atoms with Crippen LogP contribution in [0.2, 0.25) is 0 Å². The summed E-state index contributed by atoms with van der Waals surface area (Å²) >= 11 is 0. The first-order valence-corrected chi connectivity index (χ1v) is 4.48. The lowest BCUT2D eigenvalue weighted by atomic mass is 10.1. The molecule has 1 amide bonds. The number of aromatic nitrogens is 1. The van der Waals surface area contributed by atoms with E-state index in [4.69, 9.17) is 15.1 Å². The van der Waals surface area contributed by atoms with Gasteiger partial charge in [0.2, 0.25) is 0 Å². The van der Waals surface area contributed by atoms with Crippen molar-refractivity contribution in [3.8, 4) is 5.75 Å². The first kappa shape index (κ1) is 9.72. The second-order valence-electron chi connectivity index (χ2n) is 3.19. The van der Waals surface area contributed by atoms with Crippen LogP contribution >= 0.6 is 0 Å². The highest BCUT2D eigenvalue weighted by molar-refractivity contribution is 5.64. The van der Waals surface area contributed by atoms with Crippen molar-refractivity contribution in [2.45, 2.75) is 12.5 Å². The Hall–Kier alpha value is -1.82. The van der Waals surface area contributed by atoms with Gasteiger partial charge in [0.15, 0.2) is 0 Å². The number of nitrogens with zero attached hydrogens (tertiary/aromatic N) is 2. The molecule has 1 aromatic heterocycles. The monoisotopic (exact) mass is 210 g/mol. The molecule has 2 rings (SSSR count). The average Bonchev–Trinajstić information content (AvgIpc) is 2.67. The summed E-state index contributed by atoms with van der Waals surface area (Å²) in [7, 11) is 0. The fourth-order valence-corrected chi connectivity index (χ4v) is 1.52. The number of carboxylic acid groups (broad SMARTS) is 1. The van der Waals surface area contributed by atoms with Gasteiger partial charge in [-0.15, -0.1) is 0 Å². The van der Waals surface area contributed by atoms with Gasteiger partial charge in [0.05, 0.1) is 18.5 Å². The number of amides is 1. The van der Waals surface area contributed by atoms with E-state index in [2.05, 4.69) is 4.98 Å². The minimum absolute atomic E-state index is 0.0551. The molecule has 0 radical (unpaired) electrons. The molecule has 6 nitrogen and oxygen atoms in total. The Bertz CT molecular complexity index is 365. The highest BCUT2D eigenvalue weighted by Crippen LogP contribution is 2.29. The van der Waals surface area contributed by atoms with Gasteiger partial charge in [-0.05, 0) is 12.1 Å². The van der Waals surface area contributed by atoms with E-state index >= 15 is 0 Å². The normalized spacial score (nSPS) is 20.5. The topological polar surface area (TPSA) is 82.9 Å². The Balaban J connectivity index is 2.22. The summed E-state index contributed by atoms with van der Waals surface area (Å²) in [6, 6.07) is 2.67. The van der Waals surface area contributed by atoms with E-state index in [0.717, 1.165) is 5.06 Å². The molecule has 80 valence electrons. The zero-order chi connectivity index (χ0) is 10.8. The molecule has 1 saturated heterocycles. The van der Waals surface area contributed by atoms with E-state index in [1.54, 1.807) is 6.07 Å². The van der Waals surface area contributed by atoms with Crippen molar-refractivity contribution >= 4 is 6.09 Å². The Morgan fingerprint density at radius 3 is 3.00 bits per heavy atom. The highest BCUT2D eigenvalue weighted by Gasteiger charge is 2.32. The van der Waals surface area contributed by atoms with Gasteiger partial charge in [0.1, 0.15) is 11.8 Å². The van der Waals surface area contributed by atoms with Gasteiger partial charge in [-0.1, -0.05) is 0 Å². The van der Waals surface area contributed by atoms with Gasteiger partial charge >= 0.3 is 6.09 Å². The van der Waals surface area contributed by atoms with E-state index in [-0.39, 0.29) is 11.8 Å². The summed E-state index contributed by atoms with van der Waals surface area (Å²) in [6.45, 7) is 0.361. The van der Waals surface area contributed by atoms with Crippen LogP contribution in [-0.2, 0) is 4.84 Å². The second kappa shape index (κ2) is 3.74. The molecule has 0 aromatic carbocycles. The molecule has 1 aromatic rings. The van der Waals surface area contributed by atoms with Crippen LogP contribution in [0.25, 0.3) is 0 Å². The Morgan fingerprint density at radius 2 is 2.40 bits per heavy atom. The Kier molecular flexibility index (Phi) is 2.42. The highest BCUT2D eigenvalue weighted by atomic mass is 16.7. The predicted octanol–water partition coefficient (Wildman–Crippen LogP) is 1.14. The number of carbonyl (C=O) groups is 1. The molecule has 0 spiro atoms. The Morgan fingerprint density at radius 1 is 1.60 bits per heavy atom. The predicted molar refractivity (Wildman–Crippen MR) is 49.1 cm³/mol. The van der Waals surface area contributed by atoms with E-state index < -0.39 is 6.09 Å². The van der Waals surface area contributed by atoms with Crippen molar-refractivity contribution in [3.05, 3.63) is 24.0 Å². The van der Waals surface area contributed by atoms with Crippen molar-refractivity contribution in [2.24, 2.45) is 0 Å². The molecule has 0 bridgehead atoms. The molecule has 2 heterocycles. The van der Waals surface area contributed by atoms with Crippen LogP contribution in [0.1, 0.15) is 18.2 Å². The summed E-state index contributed by atoms with van der Waals surface area (Å²) in [5.41, 5.74) is 0.577. The Labute approximate surface area is 85.7 Å². The average molecular weight is 210 g/mol. The van der Waals surface area contributed by atoms with Crippen molar-refractivity contribution < 1.29 is 19.8 Å². The first-order valence-electron chi connectivity index (χ1n) is 4.48. The number of hydrogen-bond donors (Lipinski definition) is 2. The third kappa shape index (κ3) is 1.84.